The first-order valence-electron chi connectivity index (χ1n) is 7.75. The van der Waals surface area contributed by atoms with E-state index < -0.39 is 0 Å². The summed E-state index contributed by atoms with van der Waals surface area (Å²) >= 11 is 1.88. The highest BCUT2D eigenvalue weighted by molar-refractivity contribution is 7.98. The van der Waals surface area contributed by atoms with Crippen molar-refractivity contribution in [1.82, 2.24) is 4.57 Å². The van der Waals surface area contributed by atoms with Crippen LogP contribution in [0.5, 0.6) is 0 Å². The fourth-order valence-electron chi connectivity index (χ4n) is 3.07. The van der Waals surface area contributed by atoms with Crippen molar-refractivity contribution in [3.8, 4) is 11.1 Å². The van der Waals surface area contributed by atoms with E-state index in [-0.39, 0.29) is 5.56 Å². The van der Waals surface area contributed by atoms with Gasteiger partial charge in [0.1, 0.15) is 0 Å². The number of rotatable bonds is 3. The van der Waals surface area contributed by atoms with Crippen molar-refractivity contribution >= 4 is 11.8 Å². The third-order valence-electron chi connectivity index (χ3n) is 4.26. The van der Waals surface area contributed by atoms with Gasteiger partial charge in [-0.05, 0) is 22.8 Å². The molecule has 2 nitrogen and oxygen atoms in total. The quantitative estimate of drug-likeness (QED) is 0.717. The van der Waals surface area contributed by atoms with Gasteiger partial charge in [-0.25, -0.2) is 0 Å². The topological polar surface area (TPSA) is 22.0 Å². The molecule has 4 rings (SSSR count). The summed E-state index contributed by atoms with van der Waals surface area (Å²) in [4.78, 5) is 13.1. The maximum absolute atomic E-state index is 13.1. The first-order valence-corrected chi connectivity index (χ1v) is 8.91. The molecule has 1 aromatic heterocycles. The number of thioether (sulfide) groups is 1. The summed E-state index contributed by atoms with van der Waals surface area (Å²) in [6.45, 7) is 0.642. The van der Waals surface area contributed by atoms with Crippen LogP contribution in [0.2, 0.25) is 0 Å². The molecule has 3 heteroatoms. The predicted octanol–water partition coefficient (Wildman–Crippen LogP) is 4.31. The van der Waals surface area contributed by atoms with Crippen LogP contribution in [0.15, 0.2) is 71.5 Å². The molecule has 2 aromatic carbocycles. The van der Waals surface area contributed by atoms with Gasteiger partial charge in [0.15, 0.2) is 0 Å². The van der Waals surface area contributed by atoms with E-state index in [1.807, 2.05) is 64.9 Å². The number of pyridine rings is 1. The fraction of sp³-hybridized carbons (Fsp3) is 0.150. The molecular formula is C20H17NOS. The number of nitrogens with zero attached hydrogens (tertiary/aromatic N) is 1. The second kappa shape index (κ2) is 6.09. The Kier molecular flexibility index (Phi) is 3.80. The molecule has 0 radical (unpaired) electrons. The molecule has 114 valence electrons. The summed E-state index contributed by atoms with van der Waals surface area (Å²) < 4.78 is 1.97. The van der Waals surface area contributed by atoms with E-state index in [0.29, 0.717) is 6.54 Å². The lowest BCUT2D eigenvalue weighted by Gasteiger charge is -2.14. The maximum Gasteiger partial charge on any atom is 0.258 e. The lowest BCUT2D eigenvalue weighted by atomic mass is 10.0. The number of benzene rings is 2. The molecule has 0 saturated heterocycles. The molecule has 0 amide bonds. The molecule has 0 saturated carbocycles. The van der Waals surface area contributed by atoms with E-state index >= 15 is 0 Å². The first kappa shape index (κ1) is 14.3. The lowest BCUT2D eigenvalue weighted by molar-refractivity contribution is 0.725. The summed E-state index contributed by atoms with van der Waals surface area (Å²) in [5.41, 5.74) is 5.56. The van der Waals surface area contributed by atoms with E-state index in [2.05, 4.69) is 18.2 Å². The number of aromatic nitrogens is 1. The third kappa shape index (κ3) is 2.73. The van der Waals surface area contributed by atoms with Crippen molar-refractivity contribution in [2.45, 2.75) is 18.1 Å². The monoisotopic (exact) mass is 319 g/mol. The Labute approximate surface area is 139 Å². The van der Waals surface area contributed by atoms with E-state index in [1.165, 1.54) is 16.8 Å². The first-order chi connectivity index (χ1) is 11.3. The van der Waals surface area contributed by atoms with Crippen LogP contribution in [0.3, 0.4) is 0 Å². The van der Waals surface area contributed by atoms with Gasteiger partial charge in [-0.1, -0.05) is 60.7 Å². The minimum Gasteiger partial charge on any atom is -0.307 e. The molecule has 0 unspecified atom stereocenters. The molecule has 3 aromatic rings. The van der Waals surface area contributed by atoms with Gasteiger partial charge in [0.25, 0.3) is 5.56 Å². The van der Waals surface area contributed by atoms with Crippen molar-refractivity contribution in [1.29, 1.82) is 0 Å². The molecular weight excluding hydrogens is 302 g/mol. The predicted molar refractivity (Wildman–Crippen MR) is 96.7 cm³/mol. The van der Waals surface area contributed by atoms with Crippen LogP contribution in [0, 0.1) is 0 Å². The van der Waals surface area contributed by atoms with E-state index in [4.69, 9.17) is 0 Å². The minimum absolute atomic E-state index is 0.112. The Hall–Kier alpha value is -2.26. The summed E-state index contributed by atoms with van der Waals surface area (Å²) in [6.07, 6.45) is 0. The highest BCUT2D eigenvalue weighted by atomic mass is 32.2. The molecule has 1 aliphatic rings. The molecule has 2 heterocycles. The van der Waals surface area contributed by atoms with Crippen LogP contribution < -0.4 is 5.56 Å². The fourth-order valence-corrected chi connectivity index (χ4v) is 4.18. The Morgan fingerprint density at radius 3 is 2.35 bits per heavy atom. The Balaban J connectivity index is 1.88. The van der Waals surface area contributed by atoms with Crippen molar-refractivity contribution in [2.75, 3.05) is 0 Å². The molecule has 0 aliphatic carbocycles. The molecule has 0 atom stereocenters. The van der Waals surface area contributed by atoms with Gasteiger partial charge in [0.2, 0.25) is 0 Å². The normalized spacial score (nSPS) is 13.0. The van der Waals surface area contributed by atoms with Gasteiger partial charge in [-0.3, -0.25) is 4.79 Å². The van der Waals surface area contributed by atoms with Crippen LogP contribution in [0.1, 0.15) is 16.8 Å². The van der Waals surface area contributed by atoms with Crippen molar-refractivity contribution in [3.05, 3.63) is 93.9 Å². The van der Waals surface area contributed by atoms with Crippen LogP contribution >= 0.6 is 11.8 Å². The van der Waals surface area contributed by atoms with Gasteiger partial charge >= 0.3 is 0 Å². The van der Waals surface area contributed by atoms with E-state index in [1.54, 1.807) is 0 Å². The van der Waals surface area contributed by atoms with Crippen LogP contribution in [-0.2, 0) is 18.1 Å². The average Bonchev–Trinajstić information content (AvgIpc) is 3.07. The second-order valence-electron chi connectivity index (χ2n) is 5.77. The van der Waals surface area contributed by atoms with Gasteiger partial charge in [0, 0.05) is 22.8 Å². The highest BCUT2D eigenvalue weighted by Gasteiger charge is 2.20. The van der Waals surface area contributed by atoms with Gasteiger partial charge in [-0.2, -0.15) is 11.8 Å². The van der Waals surface area contributed by atoms with Crippen LogP contribution in [-0.4, -0.2) is 4.57 Å². The van der Waals surface area contributed by atoms with Gasteiger partial charge < -0.3 is 4.57 Å². The SMILES string of the molecule is O=c1c(-c2ccccc2)cc2c(n1Cc1ccccc1)CSC2. The largest absolute Gasteiger partial charge is 0.307 e. The lowest BCUT2D eigenvalue weighted by Crippen LogP contribution is -2.25. The van der Waals surface area contributed by atoms with Crippen molar-refractivity contribution < 1.29 is 0 Å². The number of hydrogen-bond donors (Lipinski definition) is 0. The van der Waals surface area contributed by atoms with E-state index in [0.717, 1.165) is 22.6 Å². The van der Waals surface area contributed by atoms with E-state index in [9.17, 15) is 4.79 Å². The van der Waals surface area contributed by atoms with Crippen molar-refractivity contribution in [2.24, 2.45) is 0 Å². The second-order valence-corrected chi connectivity index (χ2v) is 6.75. The molecule has 0 fully saturated rings. The number of fused-ring (bicyclic) bond motifs is 1. The van der Waals surface area contributed by atoms with Gasteiger partial charge in [0.05, 0.1) is 6.54 Å². The zero-order chi connectivity index (χ0) is 15.6. The molecule has 0 bridgehead atoms. The zero-order valence-electron chi connectivity index (χ0n) is 12.7. The molecule has 0 N–H and O–H groups in total. The summed E-state index contributed by atoms with van der Waals surface area (Å²) in [7, 11) is 0. The molecule has 23 heavy (non-hydrogen) atoms. The Morgan fingerprint density at radius 1 is 0.913 bits per heavy atom. The minimum atomic E-state index is 0.112. The third-order valence-corrected chi connectivity index (χ3v) is 5.25. The van der Waals surface area contributed by atoms with Crippen LogP contribution in [0.25, 0.3) is 11.1 Å². The Bertz CT molecular complexity index is 885. The van der Waals surface area contributed by atoms with Crippen LogP contribution in [0.4, 0.5) is 0 Å². The van der Waals surface area contributed by atoms with Crippen molar-refractivity contribution in [3.63, 3.8) is 0 Å². The summed E-state index contributed by atoms with van der Waals surface area (Å²) in [5, 5.41) is 0. The smallest absolute Gasteiger partial charge is 0.258 e. The summed E-state index contributed by atoms with van der Waals surface area (Å²) in [5.74, 6) is 1.91. The maximum atomic E-state index is 13.1. The van der Waals surface area contributed by atoms with Gasteiger partial charge in [-0.15, -0.1) is 0 Å². The average molecular weight is 319 g/mol. The molecule has 1 aliphatic heterocycles. The standard InChI is InChI=1S/C20H17NOS/c22-20-18(16-9-5-2-6-10-16)11-17-13-23-14-19(17)21(20)12-15-7-3-1-4-8-15/h1-11H,12-14H2. The summed E-state index contributed by atoms with van der Waals surface area (Å²) in [6, 6.07) is 22.3. The molecule has 0 spiro atoms. The number of hydrogen-bond acceptors (Lipinski definition) is 2. The zero-order valence-corrected chi connectivity index (χ0v) is 13.6. The Morgan fingerprint density at radius 2 is 1.61 bits per heavy atom. The highest BCUT2D eigenvalue weighted by Crippen LogP contribution is 2.31.